The van der Waals surface area contributed by atoms with Gasteiger partial charge in [-0.2, -0.15) is 0 Å². The summed E-state index contributed by atoms with van der Waals surface area (Å²) in [5.41, 5.74) is 0. The second-order valence-corrected chi connectivity index (χ2v) is 3.54. The Kier molecular flexibility index (Phi) is 1.66. The molecule has 2 aliphatic rings. The van der Waals surface area contributed by atoms with Crippen molar-refractivity contribution in [1.29, 1.82) is 0 Å². The van der Waals surface area contributed by atoms with E-state index in [9.17, 15) is 0 Å². The highest BCUT2D eigenvalue weighted by Gasteiger charge is 2.30. The van der Waals surface area contributed by atoms with Crippen LogP contribution in [-0.4, -0.2) is 36.6 Å². The predicted molar refractivity (Wildman–Crippen MR) is 42.1 cm³/mol. The Morgan fingerprint density at radius 1 is 1.40 bits per heavy atom. The molecule has 2 nitrogen and oxygen atoms in total. The Morgan fingerprint density at radius 2 is 2.20 bits per heavy atom. The van der Waals surface area contributed by atoms with Crippen LogP contribution < -0.4 is 5.32 Å². The third-order valence-corrected chi connectivity index (χ3v) is 2.83. The summed E-state index contributed by atoms with van der Waals surface area (Å²) in [6.07, 6.45) is 2.83. The van der Waals surface area contributed by atoms with E-state index >= 15 is 0 Å². The molecule has 0 bridgehead atoms. The first-order valence-corrected chi connectivity index (χ1v) is 4.34. The first-order valence-electron chi connectivity index (χ1n) is 4.34. The highest BCUT2D eigenvalue weighted by molar-refractivity contribution is 4.89. The number of nitrogens with one attached hydrogen (secondary N) is 1. The van der Waals surface area contributed by atoms with Gasteiger partial charge in [-0.25, -0.2) is 0 Å². The third-order valence-electron chi connectivity index (χ3n) is 2.83. The smallest absolute Gasteiger partial charge is 0.0348 e. The maximum atomic E-state index is 3.32. The van der Waals surface area contributed by atoms with Gasteiger partial charge in [-0.1, -0.05) is 0 Å². The molecular formula is C8H16N2. The molecule has 1 N–H and O–H groups in total. The molecular weight excluding hydrogens is 124 g/mol. The van der Waals surface area contributed by atoms with Crippen LogP contribution in [0.2, 0.25) is 0 Å². The average Bonchev–Trinajstić information content (AvgIpc) is 2.12. The van der Waals surface area contributed by atoms with Crippen molar-refractivity contribution in [2.24, 2.45) is 0 Å². The van der Waals surface area contributed by atoms with E-state index in [0.717, 1.165) is 12.1 Å². The Morgan fingerprint density at radius 3 is 2.60 bits per heavy atom. The van der Waals surface area contributed by atoms with Crippen LogP contribution in [0.4, 0.5) is 0 Å². The minimum atomic E-state index is 0.854. The molecule has 2 fully saturated rings. The fourth-order valence-electron chi connectivity index (χ4n) is 2.01. The van der Waals surface area contributed by atoms with E-state index in [1.54, 1.807) is 0 Å². The summed E-state index contributed by atoms with van der Waals surface area (Å²) in [7, 11) is 0. The van der Waals surface area contributed by atoms with E-state index < -0.39 is 0 Å². The summed E-state index contributed by atoms with van der Waals surface area (Å²) in [6, 6.07) is 1.73. The molecule has 10 heavy (non-hydrogen) atoms. The molecule has 58 valence electrons. The van der Waals surface area contributed by atoms with E-state index in [1.807, 2.05) is 0 Å². The minimum Gasteiger partial charge on any atom is -0.314 e. The van der Waals surface area contributed by atoms with E-state index in [0.29, 0.717) is 0 Å². The fraction of sp³-hybridized carbons (Fsp3) is 1.00. The molecule has 0 aromatic rings. The molecule has 2 saturated heterocycles. The number of hydrogen-bond acceptors (Lipinski definition) is 2. The van der Waals surface area contributed by atoms with Gasteiger partial charge in [0.1, 0.15) is 0 Å². The molecule has 2 heteroatoms. The molecule has 2 heterocycles. The zero-order valence-corrected chi connectivity index (χ0v) is 6.64. The van der Waals surface area contributed by atoms with Gasteiger partial charge in [0, 0.05) is 25.2 Å². The molecule has 0 radical (unpaired) electrons. The van der Waals surface area contributed by atoms with Gasteiger partial charge in [-0.05, 0) is 26.3 Å². The van der Waals surface area contributed by atoms with Crippen LogP contribution in [0, 0.1) is 0 Å². The van der Waals surface area contributed by atoms with Crippen LogP contribution in [0.3, 0.4) is 0 Å². The van der Waals surface area contributed by atoms with Crippen molar-refractivity contribution >= 4 is 0 Å². The number of hydrogen-bond donors (Lipinski definition) is 1. The van der Waals surface area contributed by atoms with Gasteiger partial charge in [-0.15, -0.1) is 0 Å². The minimum absolute atomic E-state index is 0.854. The maximum absolute atomic E-state index is 3.32. The van der Waals surface area contributed by atoms with Crippen molar-refractivity contribution in [2.75, 3.05) is 19.6 Å². The molecule has 0 aromatic heterocycles. The van der Waals surface area contributed by atoms with Crippen LogP contribution in [0.1, 0.15) is 19.8 Å². The molecule has 0 spiro atoms. The highest BCUT2D eigenvalue weighted by atomic mass is 15.3. The Balaban J connectivity index is 1.90. The summed E-state index contributed by atoms with van der Waals surface area (Å²) in [6.45, 7) is 6.15. The van der Waals surface area contributed by atoms with Crippen LogP contribution in [0.25, 0.3) is 0 Å². The number of likely N-dealkylation sites (tertiary alicyclic amines) is 1. The van der Waals surface area contributed by atoms with Gasteiger partial charge in [0.15, 0.2) is 0 Å². The molecule has 0 aromatic carbocycles. The van der Waals surface area contributed by atoms with Gasteiger partial charge >= 0.3 is 0 Å². The normalized spacial score (nSPS) is 36.3. The zero-order chi connectivity index (χ0) is 6.97. The number of rotatable bonds is 1. The second kappa shape index (κ2) is 2.51. The van der Waals surface area contributed by atoms with Crippen LogP contribution in [0.15, 0.2) is 0 Å². The van der Waals surface area contributed by atoms with Crippen molar-refractivity contribution in [3.05, 3.63) is 0 Å². The fourth-order valence-corrected chi connectivity index (χ4v) is 2.01. The van der Waals surface area contributed by atoms with Crippen molar-refractivity contribution in [3.63, 3.8) is 0 Å². The summed E-state index contributed by atoms with van der Waals surface area (Å²) in [5.74, 6) is 0. The molecule has 2 rings (SSSR count). The van der Waals surface area contributed by atoms with Crippen molar-refractivity contribution in [2.45, 2.75) is 31.8 Å². The van der Waals surface area contributed by atoms with Crippen molar-refractivity contribution in [1.82, 2.24) is 10.2 Å². The Hall–Kier alpha value is -0.0800. The first kappa shape index (κ1) is 6.62. The first-order chi connectivity index (χ1) is 4.88. The molecule has 0 amide bonds. The lowest BCUT2D eigenvalue weighted by Crippen LogP contribution is -2.57. The quantitative estimate of drug-likeness (QED) is 0.568. The monoisotopic (exact) mass is 140 g/mol. The van der Waals surface area contributed by atoms with Crippen LogP contribution in [-0.2, 0) is 0 Å². The van der Waals surface area contributed by atoms with Gasteiger partial charge < -0.3 is 5.32 Å². The molecule has 1 atom stereocenters. The van der Waals surface area contributed by atoms with Crippen LogP contribution >= 0.6 is 0 Å². The summed E-state index contributed by atoms with van der Waals surface area (Å²) >= 11 is 0. The van der Waals surface area contributed by atoms with E-state index in [-0.39, 0.29) is 0 Å². The Bertz CT molecular complexity index is 120. The van der Waals surface area contributed by atoms with E-state index in [2.05, 4.69) is 17.1 Å². The zero-order valence-electron chi connectivity index (χ0n) is 6.64. The van der Waals surface area contributed by atoms with Gasteiger partial charge in [0.2, 0.25) is 0 Å². The molecule has 0 unspecified atom stereocenters. The van der Waals surface area contributed by atoms with Gasteiger partial charge in [-0.3, -0.25) is 4.90 Å². The number of nitrogens with zero attached hydrogens (tertiary/aromatic N) is 1. The standard InChI is InChI=1S/C8H16N2/c1-7-3-2-4-10(7)8-5-9-6-8/h7-9H,2-6H2,1H3/t7-/m0/s1. The molecule has 0 aliphatic carbocycles. The second-order valence-electron chi connectivity index (χ2n) is 3.54. The topological polar surface area (TPSA) is 15.3 Å². The van der Waals surface area contributed by atoms with E-state index in [1.165, 1.54) is 32.5 Å². The van der Waals surface area contributed by atoms with Crippen molar-refractivity contribution in [3.8, 4) is 0 Å². The summed E-state index contributed by atoms with van der Waals surface area (Å²) < 4.78 is 0. The SMILES string of the molecule is C[C@H]1CCCN1C1CNC1. The van der Waals surface area contributed by atoms with Gasteiger partial charge in [0.05, 0.1) is 0 Å². The molecule has 2 aliphatic heterocycles. The summed E-state index contributed by atoms with van der Waals surface area (Å²) in [4.78, 5) is 2.65. The lowest BCUT2D eigenvalue weighted by molar-refractivity contribution is 0.140. The van der Waals surface area contributed by atoms with Crippen LogP contribution in [0.5, 0.6) is 0 Å². The predicted octanol–water partition coefficient (Wildman–Crippen LogP) is 0.442. The maximum Gasteiger partial charge on any atom is 0.0348 e. The van der Waals surface area contributed by atoms with E-state index in [4.69, 9.17) is 0 Å². The van der Waals surface area contributed by atoms with Crippen molar-refractivity contribution < 1.29 is 0 Å². The molecule has 0 saturated carbocycles. The summed E-state index contributed by atoms with van der Waals surface area (Å²) in [5, 5.41) is 3.32. The average molecular weight is 140 g/mol. The Labute approximate surface area is 62.6 Å². The lowest BCUT2D eigenvalue weighted by atomic mass is 10.1. The largest absolute Gasteiger partial charge is 0.314 e. The third kappa shape index (κ3) is 0.956. The van der Waals surface area contributed by atoms with Gasteiger partial charge in [0.25, 0.3) is 0 Å². The lowest BCUT2D eigenvalue weighted by Gasteiger charge is -2.38. The highest BCUT2D eigenvalue weighted by Crippen LogP contribution is 2.20.